The third-order valence-electron chi connectivity index (χ3n) is 3.07. The third-order valence-corrected chi connectivity index (χ3v) is 3.29. The van der Waals surface area contributed by atoms with Crippen molar-refractivity contribution in [3.8, 4) is 0 Å². The average Bonchev–Trinajstić information content (AvgIpc) is 2.30. The second-order valence-electron chi connectivity index (χ2n) is 5.92. The Morgan fingerprint density at radius 2 is 1.12 bits per heavy atom. The summed E-state index contributed by atoms with van der Waals surface area (Å²) in [5, 5.41) is 0. The summed E-state index contributed by atoms with van der Waals surface area (Å²) >= 11 is 0.104. The second-order valence-corrected chi connectivity index (χ2v) is 7.17. The van der Waals surface area contributed by atoms with Crippen molar-refractivity contribution in [1.29, 1.82) is 0 Å². The van der Waals surface area contributed by atoms with Crippen LogP contribution < -0.4 is 0 Å². The van der Waals surface area contributed by atoms with Gasteiger partial charge in [0.2, 0.25) is 0 Å². The standard InChI is InChI=1S/C12H12F11IO2/c1-7(2,5(13)6(14)15)25-11(20,21)9(16,10(17,18)19)8(3,4)26-12(22,23)24/h1-4H3. The minimum atomic E-state index is -6.59. The minimum Gasteiger partial charge on any atom is -0.304 e. The van der Waals surface area contributed by atoms with Crippen LogP contribution in [0.1, 0.15) is 27.7 Å². The van der Waals surface area contributed by atoms with E-state index in [0.717, 1.165) is 0 Å². The first kappa shape index (κ1) is 25.6. The summed E-state index contributed by atoms with van der Waals surface area (Å²) in [4.78, 5) is 0. The SMILES string of the molecule is CC(C)(OC(F)(F)C(F)(C(F)(F)F)C(C)(C)OC(F)(F)I)C(F)=C(F)F. The van der Waals surface area contributed by atoms with Gasteiger partial charge in [-0.25, -0.2) is 8.78 Å². The maximum Gasteiger partial charge on any atom is 0.434 e. The van der Waals surface area contributed by atoms with Gasteiger partial charge in [-0.2, -0.15) is 39.5 Å². The highest BCUT2D eigenvalue weighted by Crippen LogP contribution is 2.56. The molecule has 26 heavy (non-hydrogen) atoms. The molecule has 0 saturated heterocycles. The third kappa shape index (κ3) is 5.11. The number of hydrogen-bond acceptors (Lipinski definition) is 2. The molecule has 0 aliphatic heterocycles. The Balaban J connectivity index is 6.37. The van der Waals surface area contributed by atoms with Gasteiger partial charge < -0.3 is 9.47 Å². The van der Waals surface area contributed by atoms with Crippen LogP contribution in [0.15, 0.2) is 11.9 Å². The van der Waals surface area contributed by atoms with Crippen molar-refractivity contribution in [3.05, 3.63) is 11.9 Å². The molecule has 0 spiro atoms. The number of rotatable bonds is 7. The molecule has 1 atom stereocenters. The fraction of sp³-hybridized carbons (Fsp3) is 0.833. The lowest BCUT2D eigenvalue weighted by molar-refractivity contribution is -0.442. The molecule has 1 unspecified atom stereocenters. The molecule has 0 bridgehead atoms. The van der Waals surface area contributed by atoms with E-state index in [0.29, 0.717) is 0 Å². The van der Waals surface area contributed by atoms with E-state index in [4.69, 9.17) is 0 Å². The summed E-state index contributed by atoms with van der Waals surface area (Å²) in [6, 6.07) is 0. The van der Waals surface area contributed by atoms with Gasteiger partial charge in [0.25, 0.3) is 0 Å². The summed E-state index contributed by atoms with van der Waals surface area (Å²) in [5.41, 5.74) is -13.4. The molecule has 0 aromatic carbocycles. The first-order valence-corrected chi connectivity index (χ1v) is 7.41. The molecular weight excluding hydrogens is 512 g/mol. The molecule has 0 fully saturated rings. The second kappa shape index (κ2) is 7.22. The maximum absolute atomic E-state index is 14.6. The Kier molecular flexibility index (Phi) is 7.11. The van der Waals surface area contributed by atoms with E-state index in [-0.39, 0.29) is 50.3 Å². The number of halogens is 12. The zero-order valence-electron chi connectivity index (χ0n) is 13.4. The Morgan fingerprint density at radius 1 is 0.731 bits per heavy atom. The Morgan fingerprint density at radius 3 is 1.38 bits per heavy atom. The van der Waals surface area contributed by atoms with Gasteiger partial charge in [-0.15, -0.1) is 0 Å². The zero-order valence-corrected chi connectivity index (χ0v) is 15.5. The molecule has 0 aromatic rings. The van der Waals surface area contributed by atoms with Crippen LogP contribution in [-0.2, 0) is 9.47 Å². The molecule has 0 aliphatic rings. The molecule has 0 heterocycles. The van der Waals surface area contributed by atoms with Gasteiger partial charge in [-0.3, -0.25) is 0 Å². The summed E-state index contributed by atoms with van der Waals surface area (Å²) in [6.07, 6.45) is -15.9. The number of ether oxygens (including phenoxy) is 2. The largest absolute Gasteiger partial charge is 0.434 e. The highest BCUT2D eigenvalue weighted by molar-refractivity contribution is 14.1. The van der Waals surface area contributed by atoms with Gasteiger partial charge in [0, 0.05) is 22.6 Å². The van der Waals surface area contributed by atoms with E-state index < -0.39 is 45.2 Å². The lowest BCUT2D eigenvalue weighted by Crippen LogP contribution is -2.70. The molecule has 14 heteroatoms. The van der Waals surface area contributed by atoms with E-state index >= 15 is 0 Å². The van der Waals surface area contributed by atoms with Gasteiger partial charge in [0.05, 0.1) is 0 Å². The van der Waals surface area contributed by atoms with Crippen LogP contribution in [0.2, 0.25) is 0 Å². The monoisotopic (exact) mass is 524 g/mol. The van der Waals surface area contributed by atoms with E-state index in [1.165, 1.54) is 0 Å². The fourth-order valence-electron chi connectivity index (χ4n) is 1.88. The van der Waals surface area contributed by atoms with E-state index in [1.54, 1.807) is 0 Å². The number of hydrogen-bond donors (Lipinski definition) is 0. The highest BCUT2D eigenvalue weighted by Gasteiger charge is 2.81. The maximum atomic E-state index is 14.6. The van der Waals surface area contributed by atoms with Crippen LogP contribution in [0.3, 0.4) is 0 Å². The molecule has 0 radical (unpaired) electrons. The lowest BCUT2D eigenvalue weighted by Gasteiger charge is -2.46. The fourth-order valence-corrected chi connectivity index (χ4v) is 2.43. The van der Waals surface area contributed by atoms with Crippen molar-refractivity contribution >= 4 is 22.6 Å². The van der Waals surface area contributed by atoms with Crippen LogP contribution in [0.5, 0.6) is 0 Å². The molecule has 0 N–H and O–H groups in total. The molecule has 0 aliphatic carbocycles. The van der Waals surface area contributed by atoms with Gasteiger partial charge in [-0.1, -0.05) is 0 Å². The summed E-state index contributed by atoms with van der Waals surface area (Å²) in [5.74, 6) is -2.71. The predicted molar refractivity (Wildman–Crippen MR) is 74.5 cm³/mol. The Bertz CT molecular complexity index is 546. The van der Waals surface area contributed by atoms with Gasteiger partial charge in [0.1, 0.15) is 11.2 Å². The van der Waals surface area contributed by atoms with Crippen LogP contribution in [-0.4, -0.2) is 33.3 Å². The number of alkyl halides is 9. The molecule has 0 aromatic heterocycles. The molecule has 0 saturated carbocycles. The van der Waals surface area contributed by atoms with Crippen LogP contribution in [0.25, 0.3) is 0 Å². The molecule has 0 rings (SSSR count). The van der Waals surface area contributed by atoms with Crippen molar-refractivity contribution in [2.45, 2.75) is 61.0 Å². The van der Waals surface area contributed by atoms with Crippen molar-refractivity contribution in [1.82, 2.24) is 0 Å². The van der Waals surface area contributed by atoms with Gasteiger partial charge in [0.15, 0.2) is 5.83 Å². The smallest absolute Gasteiger partial charge is 0.304 e. The molecular formula is C12H12F11IO2. The molecule has 2 nitrogen and oxygen atoms in total. The topological polar surface area (TPSA) is 18.5 Å². The summed E-state index contributed by atoms with van der Waals surface area (Å²) < 4.78 is 148. The highest BCUT2D eigenvalue weighted by atomic mass is 127. The van der Waals surface area contributed by atoms with E-state index in [9.17, 15) is 48.3 Å². The average molecular weight is 524 g/mol. The molecule has 0 amide bonds. The van der Waals surface area contributed by atoms with E-state index in [2.05, 4.69) is 9.47 Å². The quantitative estimate of drug-likeness (QED) is 0.215. The van der Waals surface area contributed by atoms with Crippen molar-refractivity contribution in [2.75, 3.05) is 0 Å². The van der Waals surface area contributed by atoms with Crippen molar-refractivity contribution < 1.29 is 57.8 Å². The first-order valence-electron chi connectivity index (χ1n) is 6.33. The van der Waals surface area contributed by atoms with Crippen LogP contribution in [0.4, 0.5) is 48.3 Å². The van der Waals surface area contributed by atoms with Gasteiger partial charge in [-0.05, 0) is 27.7 Å². The van der Waals surface area contributed by atoms with Crippen molar-refractivity contribution in [2.24, 2.45) is 0 Å². The first-order chi connectivity index (χ1) is 11.0. The normalized spacial score (nSPS) is 17.1. The summed E-state index contributed by atoms with van der Waals surface area (Å²) in [6.45, 7) is 0.151. The predicted octanol–water partition coefficient (Wildman–Crippen LogP) is 6.50. The van der Waals surface area contributed by atoms with Gasteiger partial charge >= 0.3 is 28.1 Å². The Labute approximate surface area is 153 Å². The van der Waals surface area contributed by atoms with Crippen LogP contribution >= 0.6 is 22.6 Å². The zero-order chi connectivity index (χ0) is 21.6. The molecule has 156 valence electrons. The lowest BCUT2D eigenvalue weighted by atomic mass is 9.85. The van der Waals surface area contributed by atoms with Crippen LogP contribution in [0, 0.1) is 0 Å². The van der Waals surface area contributed by atoms with Crippen molar-refractivity contribution in [3.63, 3.8) is 0 Å². The Hall–Kier alpha value is -0.380. The summed E-state index contributed by atoms with van der Waals surface area (Å²) in [7, 11) is 0. The minimum absolute atomic E-state index is 0.0841. The van der Waals surface area contributed by atoms with E-state index in [1.807, 2.05) is 0 Å².